The molecular weight excluding hydrogens is 917 g/mol. The normalized spacial score (nSPS) is 9.89. The van der Waals surface area contributed by atoms with E-state index in [1.165, 1.54) is 66.2 Å². The molecule has 0 aromatic heterocycles. The molecule has 16 nitrogen and oxygen atoms in total. The Morgan fingerprint density at radius 3 is 1.00 bits per heavy atom. The molecule has 362 valence electrons. The van der Waals surface area contributed by atoms with E-state index >= 15 is 0 Å². The van der Waals surface area contributed by atoms with Crippen molar-refractivity contribution in [1.29, 1.82) is 0 Å². The number of carbonyl (C=O) groups excluding carboxylic acids is 3. The fourth-order valence-corrected chi connectivity index (χ4v) is 6.14. The molecule has 7 rings (SSSR count). The summed E-state index contributed by atoms with van der Waals surface area (Å²) < 4.78 is 15.4. The summed E-state index contributed by atoms with van der Waals surface area (Å²) in [6.45, 7) is 4.17. The molecule has 0 heterocycles. The Hall–Kier alpha value is -9.70. The van der Waals surface area contributed by atoms with Crippen LogP contribution in [0.15, 0.2) is 176 Å². The molecule has 0 spiro atoms. The summed E-state index contributed by atoms with van der Waals surface area (Å²) in [5, 5.41) is 44.2. The number of aromatic carboxylic acids is 5. The number of esters is 3. The second-order valence-corrected chi connectivity index (χ2v) is 14.8. The van der Waals surface area contributed by atoms with Crippen molar-refractivity contribution in [3.8, 4) is 11.5 Å². The lowest BCUT2D eigenvalue weighted by Gasteiger charge is -2.08. The Balaban J connectivity index is 0.000000210. The molecule has 7 aromatic carbocycles. The fourth-order valence-electron chi connectivity index (χ4n) is 6.14. The number of hydrogen-bond donors (Lipinski definition) is 5. The van der Waals surface area contributed by atoms with Crippen LogP contribution in [0.5, 0.6) is 11.5 Å². The first kappa shape index (κ1) is 53.9. The van der Waals surface area contributed by atoms with Crippen molar-refractivity contribution in [3.05, 3.63) is 237 Å². The van der Waals surface area contributed by atoms with E-state index in [9.17, 15) is 38.4 Å². The minimum absolute atomic E-state index is 0.0360. The zero-order chi connectivity index (χ0) is 51.9. The summed E-state index contributed by atoms with van der Waals surface area (Å²) in [5.41, 5.74) is 2.74. The average Bonchev–Trinajstić information content (AvgIpc) is 3.37. The molecule has 16 heteroatoms. The summed E-state index contributed by atoms with van der Waals surface area (Å²) >= 11 is 0. The van der Waals surface area contributed by atoms with Crippen LogP contribution in [-0.4, -0.2) is 73.3 Å². The zero-order valence-corrected chi connectivity index (χ0v) is 38.1. The molecule has 0 aliphatic heterocycles. The van der Waals surface area contributed by atoms with E-state index in [2.05, 4.69) is 6.92 Å². The lowest BCUT2D eigenvalue weighted by Crippen LogP contribution is -2.13. The van der Waals surface area contributed by atoms with Gasteiger partial charge in [-0.1, -0.05) is 122 Å². The van der Waals surface area contributed by atoms with E-state index in [-0.39, 0.29) is 51.1 Å². The van der Waals surface area contributed by atoms with Crippen LogP contribution in [0.25, 0.3) is 0 Å². The van der Waals surface area contributed by atoms with Gasteiger partial charge in [-0.2, -0.15) is 0 Å². The number of hydrogen-bond acceptors (Lipinski definition) is 11. The standard InChI is InChI=1S/C18H18O4.C15H12O4.C14H10O4.C8H6O4/c1-2-5-13-8-10-14(11-9-13)12-22-18(21)16-7-4-3-6-15(16)17(19)20;1-10-6-8-11(9-7-10)19-15(18)13-5-3-2-4-12(13)14(16)17;15-13(16)11-8-4-5-9-12(11)14(17)18-10-6-2-1-3-7-10;9-7(10)5-3-1-2-4-6(5)8(11)12/h3-4,6-11H,2,5,12H2,1H3,(H,19,20);2-9H,1H3,(H,16,17);1-9H,(H,15,16);1-4H,(H,9,10)(H,11,12). The van der Waals surface area contributed by atoms with Crippen molar-refractivity contribution >= 4 is 47.8 Å². The van der Waals surface area contributed by atoms with Crippen molar-refractivity contribution in [1.82, 2.24) is 0 Å². The van der Waals surface area contributed by atoms with Crippen molar-refractivity contribution in [2.75, 3.05) is 0 Å². The van der Waals surface area contributed by atoms with Gasteiger partial charge in [0.1, 0.15) is 18.1 Å². The number of para-hydroxylation sites is 1. The van der Waals surface area contributed by atoms with Crippen LogP contribution in [0.3, 0.4) is 0 Å². The maximum Gasteiger partial charge on any atom is 0.344 e. The number of carboxylic acid groups (broad SMARTS) is 5. The van der Waals surface area contributed by atoms with Crippen LogP contribution in [0.1, 0.15) is 113 Å². The predicted octanol–water partition coefficient (Wildman–Crippen LogP) is 10.3. The maximum atomic E-state index is 12.0. The highest BCUT2D eigenvalue weighted by Crippen LogP contribution is 2.18. The third-order valence-electron chi connectivity index (χ3n) is 9.64. The summed E-state index contributed by atoms with van der Waals surface area (Å²) in [6.07, 6.45) is 2.10. The van der Waals surface area contributed by atoms with Gasteiger partial charge in [-0.15, -0.1) is 0 Å². The molecular formula is C55H46O16. The van der Waals surface area contributed by atoms with Gasteiger partial charge in [0.25, 0.3) is 0 Å². The Morgan fingerprint density at radius 2 is 0.648 bits per heavy atom. The van der Waals surface area contributed by atoms with E-state index in [1.807, 2.05) is 43.3 Å². The molecule has 5 N–H and O–H groups in total. The third-order valence-corrected chi connectivity index (χ3v) is 9.64. The Kier molecular flexibility index (Phi) is 20.7. The third kappa shape index (κ3) is 16.8. The van der Waals surface area contributed by atoms with Gasteiger partial charge < -0.3 is 39.7 Å². The average molecular weight is 963 g/mol. The topological polar surface area (TPSA) is 265 Å². The molecule has 0 amide bonds. The fraction of sp³-hybridized carbons (Fsp3) is 0.0909. The van der Waals surface area contributed by atoms with Crippen LogP contribution < -0.4 is 9.47 Å². The predicted molar refractivity (Wildman–Crippen MR) is 258 cm³/mol. The molecule has 0 radical (unpaired) electrons. The first-order valence-electron chi connectivity index (χ1n) is 21.3. The molecule has 0 fully saturated rings. The van der Waals surface area contributed by atoms with E-state index < -0.39 is 47.8 Å². The van der Waals surface area contributed by atoms with Gasteiger partial charge in [0.15, 0.2) is 0 Å². The second kappa shape index (κ2) is 27.2. The molecule has 7 aromatic rings. The minimum atomic E-state index is -1.23. The van der Waals surface area contributed by atoms with E-state index in [0.29, 0.717) is 11.5 Å². The molecule has 0 atom stereocenters. The first-order chi connectivity index (χ1) is 34.0. The van der Waals surface area contributed by atoms with Gasteiger partial charge in [0.05, 0.1) is 44.5 Å². The molecule has 71 heavy (non-hydrogen) atoms. The molecule has 0 aliphatic carbocycles. The first-order valence-corrected chi connectivity index (χ1v) is 21.3. The Morgan fingerprint density at radius 1 is 0.352 bits per heavy atom. The molecule has 0 saturated carbocycles. The SMILES string of the molecule is CCCc1ccc(COC(=O)c2ccccc2C(=O)O)cc1.Cc1ccc(OC(=O)c2ccccc2C(=O)O)cc1.O=C(O)c1ccccc1C(=O)O.O=C(O)c1ccccc1C(=O)Oc1ccccc1. The molecule has 0 bridgehead atoms. The van der Waals surface area contributed by atoms with Crippen molar-refractivity contribution < 1.29 is 78.1 Å². The van der Waals surface area contributed by atoms with E-state index in [1.54, 1.807) is 78.9 Å². The lowest BCUT2D eigenvalue weighted by atomic mass is 10.1. The second-order valence-electron chi connectivity index (χ2n) is 14.8. The van der Waals surface area contributed by atoms with Crippen LogP contribution in [0.4, 0.5) is 0 Å². The van der Waals surface area contributed by atoms with Gasteiger partial charge in [-0.05, 0) is 97.3 Å². The number of benzene rings is 7. The number of aryl methyl sites for hydroxylation is 2. The van der Waals surface area contributed by atoms with Gasteiger partial charge in [0, 0.05) is 0 Å². The zero-order valence-electron chi connectivity index (χ0n) is 38.1. The van der Waals surface area contributed by atoms with E-state index in [0.717, 1.165) is 24.0 Å². The monoisotopic (exact) mass is 962 g/mol. The van der Waals surface area contributed by atoms with Crippen molar-refractivity contribution in [2.24, 2.45) is 0 Å². The van der Waals surface area contributed by atoms with Crippen LogP contribution in [0, 0.1) is 6.92 Å². The Labute approximate surface area is 406 Å². The molecule has 0 saturated heterocycles. The molecule has 0 aliphatic rings. The Bertz CT molecular complexity index is 2950. The van der Waals surface area contributed by atoms with Crippen LogP contribution in [-0.2, 0) is 17.8 Å². The highest BCUT2D eigenvalue weighted by Gasteiger charge is 2.20. The summed E-state index contributed by atoms with van der Waals surface area (Å²) in [7, 11) is 0. The van der Waals surface area contributed by atoms with Gasteiger partial charge in [0.2, 0.25) is 0 Å². The van der Waals surface area contributed by atoms with Crippen molar-refractivity contribution in [2.45, 2.75) is 33.3 Å². The van der Waals surface area contributed by atoms with Crippen LogP contribution in [0.2, 0.25) is 0 Å². The largest absolute Gasteiger partial charge is 0.478 e. The summed E-state index contributed by atoms with van der Waals surface area (Å²) in [5.74, 6) is -7.14. The van der Waals surface area contributed by atoms with E-state index in [4.69, 9.17) is 39.7 Å². The van der Waals surface area contributed by atoms with Gasteiger partial charge in [-0.25, -0.2) is 38.4 Å². The highest BCUT2D eigenvalue weighted by atomic mass is 16.5. The van der Waals surface area contributed by atoms with Gasteiger partial charge in [-0.3, -0.25) is 0 Å². The smallest absolute Gasteiger partial charge is 0.344 e. The summed E-state index contributed by atoms with van der Waals surface area (Å²) in [6, 6.07) is 46.7. The quantitative estimate of drug-likeness (QED) is 0.0501. The lowest BCUT2D eigenvalue weighted by molar-refractivity contribution is 0.0462. The number of carboxylic acids is 5. The highest BCUT2D eigenvalue weighted by molar-refractivity contribution is 6.04. The number of ether oxygens (including phenoxy) is 3. The summed E-state index contributed by atoms with van der Waals surface area (Å²) in [4.78, 5) is 89.8. The molecule has 0 unspecified atom stereocenters. The number of rotatable bonds is 14. The van der Waals surface area contributed by atoms with Crippen molar-refractivity contribution in [3.63, 3.8) is 0 Å². The van der Waals surface area contributed by atoms with Crippen LogP contribution >= 0.6 is 0 Å². The number of carbonyl (C=O) groups is 8. The van der Waals surface area contributed by atoms with Gasteiger partial charge >= 0.3 is 47.8 Å². The minimum Gasteiger partial charge on any atom is -0.478 e. The maximum absolute atomic E-state index is 12.0.